The molecule has 0 amide bonds. The molecule has 0 saturated carbocycles. The summed E-state index contributed by atoms with van der Waals surface area (Å²) in [7, 11) is 3.37. The van der Waals surface area contributed by atoms with Crippen LogP contribution in [0.4, 0.5) is 0 Å². The van der Waals surface area contributed by atoms with Gasteiger partial charge < -0.3 is 14.8 Å². The van der Waals surface area contributed by atoms with Crippen LogP contribution in [0.15, 0.2) is 40.4 Å². The molecule has 132 valence electrons. The van der Waals surface area contributed by atoms with Crippen molar-refractivity contribution >= 4 is 22.7 Å². The summed E-state index contributed by atoms with van der Waals surface area (Å²) in [6, 6.07) is 8.21. The zero-order chi connectivity index (χ0) is 17.6. The fraction of sp³-hybridized carbons (Fsp3) is 0.316. The van der Waals surface area contributed by atoms with Crippen LogP contribution in [0.3, 0.4) is 0 Å². The van der Waals surface area contributed by atoms with Crippen molar-refractivity contribution in [3.8, 4) is 11.5 Å². The Balaban J connectivity index is 1.78. The van der Waals surface area contributed by atoms with Crippen molar-refractivity contribution in [2.45, 2.75) is 25.9 Å². The molecule has 0 bridgehead atoms. The van der Waals surface area contributed by atoms with E-state index in [9.17, 15) is 0 Å². The lowest BCUT2D eigenvalue weighted by Gasteiger charge is -2.18. The third-order valence-corrected chi connectivity index (χ3v) is 5.79. The number of nitrogens with one attached hydrogen (secondary N) is 1. The first-order valence-corrected chi connectivity index (χ1v) is 9.89. The first kappa shape index (κ1) is 17.9. The largest absolute Gasteiger partial charge is 0.497 e. The van der Waals surface area contributed by atoms with E-state index in [1.165, 1.54) is 5.56 Å². The van der Waals surface area contributed by atoms with Crippen LogP contribution in [0.25, 0.3) is 0 Å². The van der Waals surface area contributed by atoms with E-state index in [0.717, 1.165) is 34.2 Å². The fourth-order valence-corrected chi connectivity index (χ4v) is 4.23. The Kier molecular flexibility index (Phi) is 6.07. The third kappa shape index (κ3) is 4.60. The number of hydrogen-bond donors (Lipinski definition) is 1. The number of aryl methyl sites for hydroxylation is 1. The molecule has 25 heavy (non-hydrogen) atoms. The number of benzene rings is 1. The van der Waals surface area contributed by atoms with Crippen LogP contribution < -0.4 is 14.8 Å². The van der Waals surface area contributed by atoms with E-state index in [1.807, 2.05) is 25.1 Å². The second-order valence-electron chi connectivity index (χ2n) is 5.77. The number of aromatic nitrogens is 1. The smallest absolute Gasteiger partial charge is 0.123 e. The fourth-order valence-electron chi connectivity index (χ4n) is 2.68. The van der Waals surface area contributed by atoms with Gasteiger partial charge in [0.25, 0.3) is 0 Å². The molecular weight excluding hydrogens is 352 g/mol. The molecule has 3 aromatic rings. The number of thiophene rings is 1. The number of nitrogens with zero attached hydrogens (tertiary/aromatic N) is 1. The van der Waals surface area contributed by atoms with E-state index < -0.39 is 0 Å². The molecule has 0 spiro atoms. The zero-order valence-corrected chi connectivity index (χ0v) is 16.2. The Morgan fingerprint density at radius 2 is 2.04 bits per heavy atom. The van der Waals surface area contributed by atoms with Gasteiger partial charge in [0.15, 0.2) is 0 Å². The van der Waals surface area contributed by atoms with Crippen LogP contribution in [0.1, 0.15) is 27.9 Å². The highest BCUT2D eigenvalue weighted by Gasteiger charge is 2.17. The van der Waals surface area contributed by atoms with Crippen LogP contribution in [0.2, 0.25) is 0 Å². The van der Waals surface area contributed by atoms with Crippen molar-refractivity contribution in [1.29, 1.82) is 0 Å². The highest BCUT2D eigenvalue weighted by molar-refractivity contribution is 7.09. The summed E-state index contributed by atoms with van der Waals surface area (Å²) in [5.41, 5.74) is 3.47. The van der Waals surface area contributed by atoms with Gasteiger partial charge in [-0.2, -0.15) is 11.3 Å². The second-order valence-corrected chi connectivity index (χ2v) is 7.44. The SMILES string of the molecule is COc1ccc(OC)c(CNC(Cc2ccsc2)c2nc(C)cs2)c1. The van der Waals surface area contributed by atoms with Gasteiger partial charge in [-0.1, -0.05) is 0 Å². The molecule has 4 nitrogen and oxygen atoms in total. The standard InChI is InChI=1S/C19H22N2O2S2/c1-13-11-25-19(21-13)17(8-14-6-7-24-12-14)20-10-15-9-16(22-2)4-5-18(15)23-3/h4-7,9,11-12,17,20H,8,10H2,1-3H3. The average Bonchev–Trinajstić information content (AvgIpc) is 3.29. The molecule has 2 aromatic heterocycles. The monoisotopic (exact) mass is 374 g/mol. The van der Waals surface area contributed by atoms with Crippen LogP contribution in [-0.4, -0.2) is 19.2 Å². The Morgan fingerprint density at radius 1 is 1.16 bits per heavy atom. The minimum absolute atomic E-state index is 0.171. The van der Waals surface area contributed by atoms with Gasteiger partial charge in [0.2, 0.25) is 0 Å². The molecule has 1 N–H and O–H groups in total. The van der Waals surface area contributed by atoms with E-state index in [2.05, 4.69) is 32.5 Å². The van der Waals surface area contributed by atoms with Crippen molar-refractivity contribution in [2.75, 3.05) is 14.2 Å². The third-order valence-electron chi connectivity index (χ3n) is 3.98. The maximum atomic E-state index is 5.49. The zero-order valence-electron chi connectivity index (χ0n) is 14.6. The summed E-state index contributed by atoms with van der Waals surface area (Å²) in [5, 5.41) is 11.2. The van der Waals surface area contributed by atoms with Gasteiger partial charge in [0.05, 0.1) is 20.3 Å². The van der Waals surface area contributed by atoms with Gasteiger partial charge >= 0.3 is 0 Å². The van der Waals surface area contributed by atoms with Gasteiger partial charge in [-0.3, -0.25) is 0 Å². The lowest BCUT2D eigenvalue weighted by molar-refractivity contribution is 0.395. The molecule has 0 aliphatic heterocycles. The van der Waals surface area contributed by atoms with E-state index in [0.29, 0.717) is 6.54 Å². The number of ether oxygens (including phenoxy) is 2. The Morgan fingerprint density at radius 3 is 2.68 bits per heavy atom. The van der Waals surface area contributed by atoms with Gasteiger partial charge in [-0.15, -0.1) is 11.3 Å². The van der Waals surface area contributed by atoms with E-state index >= 15 is 0 Å². The van der Waals surface area contributed by atoms with Crippen molar-refractivity contribution in [3.63, 3.8) is 0 Å². The minimum atomic E-state index is 0.171. The summed E-state index contributed by atoms with van der Waals surface area (Å²) in [4.78, 5) is 4.68. The average molecular weight is 375 g/mol. The minimum Gasteiger partial charge on any atom is -0.497 e. The van der Waals surface area contributed by atoms with E-state index in [4.69, 9.17) is 9.47 Å². The van der Waals surface area contributed by atoms with Crippen LogP contribution in [0.5, 0.6) is 11.5 Å². The summed E-state index contributed by atoms with van der Waals surface area (Å²) in [6.07, 6.45) is 0.919. The summed E-state index contributed by atoms with van der Waals surface area (Å²) < 4.78 is 10.8. The highest BCUT2D eigenvalue weighted by Crippen LogP contribution is 2.27. The molecule has 6 heteroatoms. The number of hydrogen-bond acceptors (Lipinski definition) is 6. The summed E-state index contributed by atoms with van der Waals surface area (Å²) in [6.45, 7) is 2.72. The highest BCUT2D eigenvalue weighted by atomic mass is 32.1. The van der Waals surface area contributed by atoms with Gasteiger partial charge in [-0.25, -0.2) is 4.98 Å². The predicted octanol–water partition coefficient (Wildman–Crippen LogP) is 4.60. The maximum absolute atomic E-state index is 5.49. The van der Waals surface area contributed by atoms with Crippen molar-refractivity contribution in [1.82, 2.24) is 10.3 Å². The van der Waals surface area contributed by atoms with E-state index in [-0.39, 0.29) is 6.04 Å². The molecule has 2 heterocycles. The Hall–Kier alpha value is -1.89. The van der Waals surface area contributed by atoms with Crippen LogP contribution >= 0.6 is 22.7 Å². The van der Waals surface area contributed by atoms with E-state index in [1.54, 1.807) is 36.9 Å². The molecule has 1 aromatic carbocycles. The van der Waals surface area contributed by atoms with Crippen LogP contribution in [0, 0.1) is 6.92 Å². The first-order chi connectivity index (χ1) is 12.2. The molecule has 1 unspecified atom stereocenters. The molecule has 1 atom stereocenters. The van der Waals surface area contributed by atoms with Gasteiger partial charge in [-0.05, 0) is 53.9 Å². The normalized spacial score (nSPS) is 12.1. The second kappa shape index (κ2) is 8.47. The lowest BCUT2D eigenvalue weighted by Crippen LogP contribution is -2.23. The van der Waals surface area contributed by atoms with Gasteiger partial charge in [0, 0.05) is 23.2 Å². The Bertz CT molecular complexity index is 800. The molecule has 0 saturated heterocycles. The lowest BCUT2D eigenvalue weighted by atomic mass is 10.1. The maximum Gasteiger partial charge on any atom is 0.123 e. The molecular formula is C19H22N2O2S2. The molecule has 0 aliphatic carbocycles. The summed E-state index contributed by atoms with van der Waals surface area (Å²) >= 11 is 3.43. The van der Waals surface area contributed by atoms with Crippen molar-refractivity contribution < 1.29 is 9.47 Å². The van der Waals surface area contributed by atoms with Crippen LogP contribution in [-0.2, 0) is 13.0 Å². The molecule has 0 aliphatic rings. The van der Waals surface area contributed by atoms with Crippen molar-refractivity contribution in [2.24, 2.45) is 0 Å². The molecule has 0 radical (unpaired) electrons. The topological polar surface area (TPSA) is 43.4 Å². The Labute approximate surface area is 156 Å². The van der Waals surface area contributed by atoms with Crippen molar-refractivity contribution in [3.05, 3.63) is 62.2 Å². The summed E-state index contributed by atoms with van der Waals surface area (Å²) in [5.74, 6) is 1.69. The quantitative estimate of drug-likeness (QED) is 0.626. The predicted molar refractivity (Wildman–Crippen MR) is 104 cm³/mol. The molecule has 3 rings (SSSR count). The molecule has 0 fully saturated rings. The number of rotatable bonds is 8. The number of thiazole rings is 1. The van der Waals surface area contributed by atoms with Gasteiger partial charge in [0.1, 0.15) is 16.5 Å². The number of methoxy groups -OCH3 is 2. The first-order valence-electron chi connectivity index (χ1n) is 8.07.